The molecule has 2 heterocycles. The lowest BCUT2D eigenvalue weighted by molar-refractivity contribution is 0.0974. The first-order valence-corrected chi connectivity index (χ1v) is 12.4. The number of carbonyl (C=O) groups is 4. The topological polar surface area (TPSA) is 121 Å². The molecule has 6 rings (SSSR count). The number of Topliss-reactive ketones (excluding diaryl/α,β-unsaturated/α-hetero) is 2. The van der Waals surface area contributed by atoms with Crippen LogP contribution in [0, 0.1) is 13.8 Å². The van der Waals surface area contributed by atoms with Gasteiger partial charge in [0.05, 0.1) is 22.3 Å². The molecular weight excluding hydrogens is 482 g/mol. The second kappa shape index (κ2) is 10.3. The van der Waals surface area contributed by atoms with Crippen LogP contribution in [0.25, 0.3) is 0 Å². The van der Waals surface area contributed by atoms with Crippen LogP contribution in [-0.4, -0.2) is 28.4 Å². The SMILES string of the molecule is Cc1ccc(NC(=O)c2c[nH]c3c2C(=O)CC3)cc1.Cc1ccc(NC(=O)c2coc3c2C(=O)CC3)cc1. The van der Waals surface area contributed by atoms with Crippen molar-refractivity contribution in [2.75, 3.05) is 10.6 Å². The molecule has 0 radical (unpaired) electrons. The maximum Gasteiger partial charge on any atom is 0.259 e. The van der Waals surface area contributed by atoms with Crippen LogP contribution in [0.2, 0.25) is 0 Å². The highest BCUT2D eigenvalue weighted by atomic mass is 16.3. The molecule has 2 aromatic carbocycles. The number of aryl methyl sites for hydroxylation is 4. The third-order valence-corrected chi connectivity index (χ3v) is 6.68. The number of amides is 2. The fourth-order valence-electron chi connectivity index (χ4n) is 4.60. The molecule has 0 bridgehead atoms. The molecule has 0 unspecified atom stereocenters. The number of aromatic nitrogens is 1. The number of rotatable bonds is 4. The van der Waals surface area contributed by atoms with E-state index in [1.807, 2.05) is 62.4 Å². The summed E-state index contributed by atoms with van der Waals surface area (Å²) in [6, 6.07) is 15.1. The summed E-state index contributed by atoms with van der Waals surface area (Å²) in [6.07, 6.45) is 5.20. The fourth-order valence-corrected chi connectivity index (χ4v) is 4.60. The minimum absolute atomic E-state index is 0.0159. The number of fused-ring (bicyclic) bond motifs is 2. The first-order valence-electron chi connectivity index (χ1n) is 12.4. The molecular formula is C30H27N3O5. The zero-order valence-electron chi connectivity index (χ0n) is 21.1. The van der Waals surface area contributed by atoms with Crippen LogP contribution in [0.3, 0.4) is 0 Å². The van der Waals surface area contributed by atoms with Crippen LogP contribution in [0.5, 0.6) is 0 Å². The third kappa shape index (κ3) is 5.06. The standard InChI is InChI=1S/C15H14N2O2.C15H13NO3/c1-9-2-4-10(5-3-9)17-15(19)11-8-16-12-6-7-13(18)14(11)12;1-9-2-4-10(5-3-9)16-15(18)11-8-19-13-7-6-12(17)14(11)13/h2-5,8,16H,6-7H2,1H3,(H,17,19);2-5,8H,6-7H2,1H3,(H,16,18). The average Bonchev–Trinajstić information content (AvgIpc) is 3.67. The number of furan rings is 1. The highest BCUT2D eigenvalue weighted by Gasteiger charge is 2.30. The van der Waals surface area contributed by atoms with E-state index < -0.39 is 0 Å². The van der Waals surface area contributed by atoms with E-state index in [0.29, 0.717) is 59.4 Å². The molecule has 3 N–H and O–H groups in total. The number of carbonyl (C=O) groups excluding carboxylic acids is 4. The molecule has 8 heteroatoms. The third-order valence-electron chi connectivity index (χ3n) is 6.68. The van der Waals surface area contributed by atoms with Crippen LogP contribution in [-0.2, 0) is 12.8 Å². The largest absolute Gasteiger partial charge is 0.468 e. The van der Waals surface area contributed by atoms with Crippen molar-refractivity contribution < 1.29 is 23.6 Å². The summed E-state index contributed by atoms with van der Waals surface area (Å²) in [5.74, 6) is 0.114. The average molecular weight is 510 g/mol. The molecule has 2 amide bonds. The molecule has 38 heavy (non-hydrogen) atoms. The van der Waals surface area contributed by atoms with Crippen molar-refractivity contribution in [3.63, 3.8) is 0 Å². The Labute approximate surface area is 219 Å². The number of hydrogen-bond donors (Lipinski definition) is 3. The zero-order chi connectivity index (χ0) is 26.8. The Balaban J connectivity index is 0.000000155. The summed E-state index contributed by atoms with van der Waals surface area (Å²) in [7, 11) is 0. The number of nitrogens with one attached hydrogen (secondary N) is 3. The number of ketones is 2. The second-order valence-corrected chi connectivity index (χ2v) is 9.49. The first-order chi connectivity index (χ1) is 18.3. The van der Waals surface area contributed by atoms with Crippen molar-refractivity contribution in [2.24, 2.45) is 0 Å². The molecule has 0 fully saturated rings. The summed E-state index contributed by atoms with van der Waals surface area (Å²) in [5.41, 5.74) is 6.35. The van der Waals surface area contributed by atoms with Crippen molar-refractivity contribution in [3.05, 3.63) is 106 Å². The van der Waals surface area contributed by atoms with Gasteiger partial charge in [0.15, 0.2) is 11.6 Å². The number of anilines is 2. The van der Waals surface area contributed by atoms with Crippen molar-refractivity contribution >= 4 is 34.8 Å². The Kier molecular flexibility index (Phi) is 6.79. The lowest BCUT2D eigenvalue weighted by Crippen LogP contribution is -2.14. The summed E-state index contributed by atoms with van der Waals surface area (Å²) < 4.78 is 5.27. The van der Waals surface area contributed by atoms with Crippen LogP contribution < -0.4 is 10.6 Å². The van der Waals surface area contributed by atoms with E-state index in [4.69, 9.17) is 4.42 Å². The monoisotopic (exact) mass is 509 g/mol. The number of hydrogen-bond acceptors (Lipinski definition) is 5. The first kappa shape index (κ1) is 25.0. The zero-order valence-corrected chi connectivity index (χ0v) is 21.1. The van der Waals surface area contributed by atoms with Crippen molar-refractivity contribution in [2.45, 2.75) is 39.5 Å². The maximum absolute atomic E-state index is 12.2. The lowest BCUT2D eigenvalue weighted by atomic mass is 10.1. The summed E-state index contributed by atoms with van der Waals surface area (Å²) in [6.45, 7) is 3.97. The fraction of sp³-hybridized carbons (Fsp3) is 0.200. The van der Waals surface area contributed by atoms with Gasteiger partial charge in [0.1, 0.15) is 12.0 Å². The second-order valence-electron chi connectivity index (χ2n) is 9.49. The summed E-state index contributed by atoms with van der Waals surface area (Å²) >= 11 is 0. The molecule has 2 aromatic heterocycles. The number of aromatic amines is 1. The Morgan fingerprint density at radius 1 is 0.711 bits per heavy atom. The van der Waals surface area contributed by atoms with Gasteiger partial charge < -0.3 is 20.0 Å². The minimum Gasteiger partial charge on any atom is -0.468 e. The normalized spacial score (nSPS) is 13.4. The van der Waals surface area contributed by atoms with Gasteiger partial charge in [-0.3, -0.25) is 19.2 Å². The van der Waals surface area contributed by atoms with Gasteiger partial charge in [-0.15, -0.1) is 0 Å². The predicted octanol–water partition coefficient (Wildman–Crippen LogP) is 5.67. The molecule has 0 saturated carbocycles. The van der Waals surface area contributed by atoms with E-state index in [1.165, 1.54) is 6.26 Å². The van der Waals surface area contributed by atoms with Crippen LogP contribution >= 0.6 is 0 Å². The predicted molar refractivity (Wildman–Crippen MR) is 143 cm³/mol. The molecule has 4 aromatic rings. The van der Waals surface area contributed by atoms with Gasteiger partial charge in [0.25, 0.3) is 11.8 Å². The molecule has 0 spiro atoms. The quantitative estimate of drug-likeness (QED) is 0.327. The number of H-pyrrole nitrogens is 1. The maximum atomic E-state index is 12.2. The van der Waals surface area contributed by atoms with Crippen LogP contribution in [0.4, 0.5) is 11.4 Å². The van der Waals surface area contributed by atoms with Crippen LogP contribution in [0.1, 0.15) is 76.9 Å². The molecule has 0 atom stereocenters. The molecule has 0 aliphatic heterocycles. The molecule has 2 aliphatic rings. The smallest absolute Gasteiger partial charge is 0.259 e. The van der Waals surface area contributed by atoms with E-state index in [9.17, 15) is 19.2 Å². The minimum atomic E-state index is -0.302. The van der Waals surface area contributed by atoms with Crippen molar-refractivity contribution in [1.82, 2.24) is 4.98 Å². The lowest BCUT2D eigenvalue weighted by Gasteiger charge is -2.05. The van der Waals surface area contributed by atoms with E-state index >= 15 is 0 Å². The van der Waals surface area contributed by atoms with Gasteiger partial charge in [-0.1, -0.05) is 35.4 Å². The molecule has 192 valence electrons. The van der Waals surface area contributed by atoms with Crippen LogP contribution in [0.15, 0.2) is 65.4 Å². The van der Waals surface area contributed by atoms with Gasteiger partial charge in [0.2, 0.25) is 0 Å². The Morgan fingerprint density at radius 3 is 1.84 bits per heavy atom. The molecule has 8 nitrogen and oxygen atoms in total. The van der Waals surface area contributed by atoms with E-state index in [1.54, 1.807) is 6.20 Å². The van der Waals surface area contributed by atoms with E-state index in [0.717, 1.165) is 22.5 Å². The van der Waals surface area contributed by atoms with Gasteiger partial charge in [-0.25, -0.2) is 0 Å². The Bertz CT molecular complexity index is 1420. The number of benzene rings is 2. The molecule has 2 aliphatic carbocycles. The van der Waals surface area contributed by atoms with Gasteiger partial charge in [-0.2, -0.15) is 0 Å². The van der Waals surface area contributed by atoms with Crippen molar-refractivity contribution in [1.29, 1.82) is 0 Å². The highest BCUT2D eigenvalue weighted by molar-refractivity contribution is 6.15. The summed E-state index contributed by atoms with van der Waals surface area (Å²) in [5, 5.41) is 5.58. The molecule has 0 saturated heterocycles. The Hall–Kier alpha value is -4.72. The highest BCUT2D eigenvalue weighted by Crippen LogP contribution is 2.28. The van der Waals surface area contributed by atoms with E-state index in [2.05, 4.69) is 15.6 Å². The Morgan fingerprint density at radius 2 is 1.24 bits per heavy atom. The van der Waals surface area contributed by atoms with Gasteiger partial charge >= 0.3 is 0 Å². The summed E-state index contributed by atoms with van der Waals surface area (Å²) in [4.78, 5) is 50.8. The van der Waals surface area contributed by atoms with E-state index in [-0.39, 0.29) is 23.4 Å². The van der Waals surface area contributed by atoms with Crippen molar-refractivity contribution in [3.8, 4) is 0 Å². The van der Waals surface area contributed by atoms with Gasteiger partial charge in [-0.05, 0) is 44.5 Å². The van der Waals surface area contributed by atoms with Gasteiger partial charge in [0, 0.05) is 42.5 Å².